The van der Waals surface area contributed by atoms with Gasteiger partial charge in [-0.2, -0.15) is 0 Å². The van der Waals surface area contributed by atoms with Crippen LogP contribution in [0.2, 0.25) is 0 Å². The van der Waals surface area contributed by atoms with Gasteiger partial charge < -0.3 is 10.2 Å². The molecule has 3 heteroatoms. The van der Waals surface area contributed by atoms with E-state index in [-0.39, 0.29) is 18.0 Å². The Hall–Kier alpha value is -3.85. The van der Waals surface area contributed by atoms with Crippen LogP contribution in [0, 0.1) is 0 Å². The predicted molar refractivity (Wildman–Crippen MR) is 132 cm³/mol. The molecule has 1 N–H and O–H groups in total. The Labute approximate surface area is 189 Å². The van der Waals surface area contributed by atoms with Crippen molar-refractivity contribution in [3.05, 3.63) is 120 Å². The molecule has 0 fully saturated rings. The molecule has 1 heterocycles. The van der Waals surface area contributed by atoms with Gasteiger partial charge in [0.2, 0.25) is 0 Å². The van der Waals surface area contributed by atoms with E-state index >= 15 is 0 Å². The number of fused-ring (bicyclic) bond motifs is 1. The minimum absolute atomic E-state index is 0.0442. The first-order chi connectivity index (χ1) is 15.7. The molecule has 158 valence electrons. The van der Waals surface area contributed by atoms with E-state index in [1.165, 1.54) is 0 Å². The molecule has 0 saturated carbocycles. The van der Waals surface area contributed by atoms with E-state index in [0.717, 1.165) is 34.5 Å². The minimum atomic E-state index is 0.0442. The van der Waals surface area contributed by atoms with Gasteiger partial charge in [0.1, 0.15) is 0 Å². The molecule has 32 heavy (non-hydrogen) atoms. The third kappa shape index (κ3) is 3.90. The molecule has 0 aliphatic carbocycles. The number of rotatable bonds is 4. The summed E-state index contributed by atoms with van der Waals surface area (Å²) in [6, 6.07) is 36.9. The van der Waals surface area contributed by atoms with Crippen LogP contribution in [-0.4, -0.2) is 11.9 Å². The maximum Gasteiger partial charge on any atom is 0.258 e. The molecule has 3 nitrogen and oxygen atoms in total. The molecular formula is C29H26N2O. The Bertz CT molecular complexity index is 1200. The molecule has 5 rings (SSSR count). The first kappa shape index (κ1) is 20.1. The highest BCUT2D eigenvalue weighted by atomic mass is 16.2. The van der Waals surface area contributed by atoms with Gasteiger partial charge >= 0.3 is 0 Å². The van der Waals surface area contributed by atoms with Crippen molar-refractivity contribution in [3.63, 3.8) is 0 Å². The number of carbonyl (C=O) groups excluding carboxylic acids is 1. The fraction of sp³-hybridized carbons (Fsp3) is 0.138. The highest BCUT2D eigenvalue weighted by Gasteiger charge is 2.34. The number of para-hydroxylation sites is 2. The quantitative estimate of drug-likeness (QED) is 0.389. The highest BCUT2D eigenvalue weighted by Crippen LogP contribution is 2.39. The molecule has 4 aromatic rings. The van der Waals surface area contributed by atoms with E-state index in [9.17, 15) is 4.79 Å². The standard InChI is InChI=1S/C29H26N2O/c1-21-20-27(30-25-12-6-3-7-13-25)26-14-8-9-15-28(26)31(21)29(32)24-18-16-23(17-19-24)22-10-4-2-5-11-22/h2-19,21,27,30H,20H2,1H3/t21-,27-/m0/s1. The predicted octanol–water partition coefficient (Wildman–Crippen LogP) is 6.95. The van der Waals surface area contributed by atoms with E-state index in [4.69, 9.17) is 0 Å². The van der Waals surface area contributed by atoms with Gasteiger partial charge in [0.25, 0.3) is 5.91 Å². The summed E-state index contributed by atoms with van der Waals surface area (Å²) in [5.74, 6) is 0.0442. The van der Waals surface area contributed by atoms with Crippen LogP contribution in [0.15, 0.2) is 109 Å². The fourth-order valence-corrected chi connectivity index (χ4v) is 4.57. The Balaban J connectivity index is 1.43. The molecule has 4 aromatic carbocycles. The van der Waals surface area contributed by atoms with Crippen molar-refractivity contribution >= 4 is 17.3 Å². The van der Waals surface area contributed by atoms with Crippen LogP contribution in [0.4, 0.5) is 11.4 Å². The summed E-state index contributed by atoms with van der Waals surface area (Å²) >= 11 is 0. The Kier molecular flexibility index (Phi) is 5.47. The lowest BCUT2D eigenvalue weighted by molar-refractivity contribution is 0.0974. The number of nitrogens with one attached hydrogen (secondary N) is 1. The third-order valence-corrected chi connectivity index (χ3v) is 6.16. The second kappa shape index (κ2) is 8.72. The molecule has 0 saturated heterocycles. The largest absolute Gasteiger partial charge is 0.378 e. The van der Waals surface area contributed by atoms with Gasteiger partial charge in [0.15, 0.2) is 0 Å². The van der Waals surface area contributed by atoms with Crippen molar-refractivity contribution in [2.75, 3.05) is 10.2 Å². The molecule has 0 bridgehead atoms. The summed E-state index contributed by atoms with van der Waals surface area (Å²) in [5, 5.41) is 3.65. The van der Waals surface area contributed by atoms with E-state index in [1.807, 2.05) is 77.7 Å². The zero-order valence-electron chi connectivity index (χ0n) is 18.1. The number of amides is 1. The second-order valence-corrected chi connectivity index (χ2v) is 8.33. The molecule has 0 unspecified atom stereocenters. The third-order valence-electron chi connectivity index (χ3n) is 6.16. The first-order valence-corrected chi connectivity index (χ1v) is 11.1. The van der Waals surface area contributed by atoms with Crippen LogP contribution in [0.25, 0.3) is 11.1 Å². The highest BCUT2D eigenvalue weighted by molar-refractivity contribution is 6.07. The SMILES string of the molecule is C[C@H]1C[C@H](Nc2ccccc2)c2ccccc2N1C(=O)c1ccc(-c2ccccc2)cc1. The smallest absolute Gasteiger partial charge is 0.258 e. The summed E-state index contributed by atoms with van der Waals surface area (Å²) < 4.78 is 0. The summed E-state index contributed by atoms with van der Waals surface area (Å²) in [6.07, 6.45) is 0.847. The molecule has 0 spiro atoms. The number of nitrogens with zero attached hydrogens (tertiary/aromatic N) is 1. The molecule has 0 aromatic heterocycles. The number of anilines is 2. The number of hydrogen-bond acceptors (Lipinski definition) is 2. The van der Waals surface area contributed by atoms with Crippen molar-refractivity contribution in [2.45, 2.75) is 25.4 Å². The summed E-state index contributed by atoms with van der Waals surface area (Å²) in [7, 11) is 0. The maximum atomic E-state index is 13.6. The summed E-state index contributed by atoms with van der Waals surface area (Å²) in [4.78, 5) is 15.5. The van der Waals surface area contributed by atoms with Crippen molar-refractivity contribution in [1.29, 1.82) is 0 Å². The molecule has 1 aliphatic rings. The van der Waals surface area contributed by atoms with Crippen LogP contribution in [0.5, 0.6) is 0 Å². The van der Waals surface area contributed by atoms with Crippen LogP contribution in [-0.2, 0) is 0 Å². The number of hydrogen-bond donors (Lipinski definition) is 1. The van der Waals surface area contributed by atoms with Crippen LogP contribution < -0.4 is 10.2 Å². The Morgan fingerprint density at radius 3 is 2.06 bits per heavy atom. The first-order valence-electron chi connectivity index (χ1n) is 11.1. The molecule has 2 atom stereocenters. The van der Waals surface area contributed by atoms with Crippen LogP contribution >= 0.6 is 0 Å². The zero-order chi connectivity index (χ0) is 21.9. The van der Waals surface area contributed by atoms with Gasteiger partial charge in [-0.1, -0.05) is 78.9 Å². The minimum Gasteiger partial charge on any atom is -0.378 e. The lowest BCUT2D eigenvalue weighted by Gasteiger charge is -2.40. The molecular weight excluding hydrogens is 392 g/mol. The van der Waals surface area contributed by atoms with Gasteiger partial charge in [0.05, 0.1) is 6.04 Å². The van der Waals surface area contributed by atoms with Crippen LogP contribution in [0.1, 0.15) is 35.3 Å². The van der Waals surface area contributed by atoms with Crippen LogP contribution in [0.3, 0.4) is 0 Å². The molecule has 1 aliphatic heterocycles. The Morgan fingerprint density at radius 2 is 1.34 bits per heavy atom. The normalized spacial score (nSPS) is 17.5. The zero-order valence-corrected chi connectivity index (χ0v) is 18.1. The van der Waals surface area contributed by atoms with E-state index in [0.29, 0.717) is 5.56 Å². The summed E-state index contributed by atoms with van der Waals surface area (Å²) in [6.45, 7) is 2.13. The van der Waals surface area contributed by atoms with E-state index in [1.54, 1.807) is 0 Å². The van der Waals surface area contributed by atoms with E-state index < -0.39 is 0 Å². The van der Waals surface area contributed by atoms with Gasteiger partial charge in [0, 0.05) is 23.0 Å². The second-order valence-electron chi connectivity index (χ2n) is 8.33. The van der Waals surface area contributed by atoms with Crippen molar-refractivity contribution in [3.8, 4) is 11.1 Å². The molecule has 1 amide bonds. The van der Waals surface area contributed by atoms with Gasteiger partial charge in [-0.25, -0.2) is 0 Å². The van der Waals surface area contributed by atoms with Crippen molar-refractivity contribution in [2.24, 2.45) is 0 Å². The summed E-state index contributed by atoms with van der Waals surface area (Å²) in [5.41, 5.74) is 6.21. The molecule has 0 radical (unpaired) electrons. The Morgan fingerprint density at radius 1 is 0.750 bits per heavy atom. The maximum absolute atomic E-state index is 13.6. The van der Waals surface area contributed by atoms with E-state index in [2.05, 4.69) is 48.6 Å². The monoisotopic (exact) mass is 418 g/mol. The average Bonchev–Trinajstić information content (AvgIpc) is 2.85. The lowest BCUT2D eigenvalue weighted by atomic mass is 9.90. The van der Waals surface area contributed by atoms with Crippen molar-refractivity contribution < 1.29 is 4.79 Å². The van der Waals surface area contributed by atoms with Gasteiger partial charge in [-0.15, -0.1) is 0 Å². The number of benzene rings is 4. The van der Waals surface area contributed by atoms with Gasteiger partial charge in [-0.3, -0.25) is 4.79 Å². The van der Waals surface area contributed by atoms with Gasteiger partial charge in [-0.05, 0) is 60.4 Å². The fourth-order valence-electron chi connectivity index (χ4n) is 4.57. The lowest BCUT2D eigenvalue weighted by Crippen LogP contribution is -2.44. The number of carbonyl (C=O) groups is 1. The average molecular weight is 419 g/mol. The topological polar surface area (TPSA) is 32.3 Å². The van der Waals surface area contributed by atoms with Crippen molar-refractivity contribution in [1.82, 2.24) is 0 Å².